The van der Waals surface area contributed by atoms with Gasteiger partial charge in [0, 0.05) is 49.7 Å². The van der Waals surface area contributed by atoms with Crippen LogP contribution in [-0.2, 0) is 4.79 Å². The molecule has 1 aromatic heterocycles. The van der Waals surface area contributed by atoms with E-state index in [0.29, 0.717) is 17.3 Å². The van der Waals surface area contributed by atoms with Crippen LogP contribution >= 0.6 is 0 Å². The van der Waals surface area contributed by atoms with Crippen molar-refractivity contribution < 1.29 is 9.59 Å². The molecule has 120 valence electrons. The van der Waals surface area contributed by atoms with Crippen LogP contribution in [0.5, 0.6) is 0 Å². The maximum Gasteiger partial charge on any atom is 0.253 e. The van der Waals surface area contributed by atoms with Gasteiger partial charge in [-0.2, -0.15) is 0 Å². The topological polar surface area (TPSA) is 54.3 Å². The predicted molar refractivity (Wildman–Crippen MR) is 89.4 cm³/mol. The Kier molecular flexibility index (Phi) is 4.46. The van der Waals surface area contributed by atoms with Crippen molar-refractivity contribution in [3.8, 4) is 0 Å². The van der Waals surface area contributed by atoms with Crippen LogP contribution in [0, 0.1) is 0 Å². The number of carbonyl (C=O) groups is 2. The van der Waals surface area contributed by atoms with Gasteiger partial charge in [0.1, 0.15) is 0 Å². The van der Waals surface area contributed by atoms with Crippen molar-refractivity contribution in [2.75, 3.05) is 18.4 Å². The van der Waals surface area contributed by atoms with Gasteiger partial charge in [-0.15, -0.1) is 0 Å². The molecule has 1 aliphatic heterocycles. The highest BCUT2D eigenvalue weighted by Crippen LogP contribution is 2.24. The van der Waals surface area contributed by atoms with E-state index in [0.717, 1.165) is 25.9 Å². The predicted octanol–water partition coefficient (Wildman–Crippen LogP) is 2.92. The molecule has 0 bridgehead atoms. The minimum atomic E-state index is -0.137. The normalized spacial score (nSPS) is 15.4. The SMILES string of the molecule is CC(=O)Nc1cccc(C(=O)N2CCC(n3cccc3)CC2)c1. The Balaban J connectivity index is 1.64. The van der Waals surface area contributed by atoms with Gasteiger partial charge in [0.25, 0.3) is 5.91 Å². The third-order valence-electron chi connectivity index (χ3n) is 4.23. The Morgan fingerprint density at radius 1 is 1.09 bits per heavy atom. The van der Waals surface area contributed by atoms with Crippen LogP contribution in [0.15, 0.2) is 48.8 Å². The number of hydrogen-bond acceptors (Lipinski definition) is 2. The lowest BCUT2D eigenvalue weighted by Gasteiger charge is -2.33. The minimum Gasteiger partial charge on any atom is -0.351 e. The Morgan fingerprint density at radius 3 is 2.43 bits per heavy atom. The molecule has 1 N–H and O–H groups in total. The van der Waals surface area contributed by atoms with Gasteiger partial charge in [-0.1, -0.05) is 6.07 Å². The second kappa shape index (κ2) is 6.69. The van der Waals surface area contributed by atoms with Crippen molar-refractivity contribution in [2.45, 2.75) is 25.8 Å². The van der Waals surface area contributed by atoms with Crippen LogP contribution in [0.1, 0.15) is 36.2 Å². The number of benzene rings is 1. The van der Waals surface area contributed by atoms with E-state index in [1.165, 1.54) is 6.92 Å². The first-order valence-electron chi connectivity index (χ1n) is 7.93. The average Bonchev–Trinajstić information content (AvgIpc) is 3.08. The van der Waals surface area contributed by atoms with Gasteiger partial charge in [-0.3, -0.25) is 9.59 Å². The lowest BCUT2D eigenvalue weighted by molar-refractivity contribution is -0.114. The molecule has 5 heteroatoms. The fourth-order valence-electron chi connectivity index (χ4n) is 3.07. The molecule has 2 aromatic rings. The molecule has 2 amide bonds. The first-order chi connectivity index (χ1) is 11.1. The van der Waals surface area contributed by atoms with Crippen LogP contribution in [0.4, 0.5) is 5.69 Å². The first-order valence-corrected chi connectivity index (χ1v) is 7.93. The van der Waals surface area contributed by atoms with Crippen LogP contribution in [-0.4, -0.2) is 34.4 Å². The minimum absolute atomic E-state index is 0.0307. The summed E-state index contributed by atoms with van der Waals surface area (Å²) < 4.78 is 2.22. The zero-order chi connectivity index (χ0) is 16.2. The number of piperidine rings is 1. The van der Waals surface area contributed by atoms with Gasteiger partial charge < -0.3 is 14.8 Å². The smallest absolute Gasteiger partial charge is 0.253 e. The third kappa shape index (κ3) is 3.62. The molecular formula is C18H21N3O2. The van der Waals surface area contributed by atoms with Crippen molar-refractivity contribution in [1.82, 2.24) is 9.47 Å². The largest absolute Gasteiger partial charge is 0.351 e. The molecule has 0 spiro atoms. The molecule has 1 aromatic carbocycles. The highest BCUT2D eigenvalue weighted by molar-refractivity contribution is 5.96. The number of likely N-dealkylation sites (tertiary alicyclic amines) is 1. The van der Waals surface area contributed by atoms with Gasteiger partial charge in [0.15, 0.2) is 0 Å². The summed E-state index contributed by atoms with van der Waals surface area (Å²) in [6.07, 6.45) is 6.09. The van der Waals surface area contributed by atoms with E-state index in [-0.39, 0.29) is 11.8 Å². The molecule has 23 heavy (non-hydrogen) atoms. The fourth-order valence-corrected chi connectivity index (χ4v) is 3.07. The Morgan fingerprint density at radius 2 is 1.78 bits per heavy atom. The highest BCUT2D eigenvalue weighted by Gasteiger charge is 2.24. The van der Waals surface area contributed by atoms with Crippen LogP contribution in [0.25, 0.3) is 0 Å². The fraction of sp³-hybridized carbons (Fsp3) is 0.333. The molecule has 1 fully saturated rings. The summed E-state index contributed by atoms with van der Waals surface area (Å²) in [4.78, 5) is 25.7. The van der Waals surface area contributed by atoms with Gasteiger partial charge in [0.2, 0.25) is 5.91 Å². The molecule has 0 radical (unpaired) electrons. The first kappa shape index (κ1) is 15.3. The van der Waals surface area contributed by atoms with Crippen LogP contribution in [0.2, 0.25) is 0 Å². The van der Waals surface area contributed by atoms with Crippen molar-refractivity contribution in [3.63, 3.8) is 0 Å². The molecule has 0 unspecified atom stereocenters. The van der Waals surface area contributed by atoms with Gasteiger partial charge in [-0.05, 0) is 43.2 Å². The second-order valence-corrected chi connectivity index (χ2v) is 5.92. The van der Waals surface area contributed by atoms with E-state index in [2.05, 4.69) is 22.3 Å². The number of aromatic nitrogens is 1. The zero-order valence-electron chi connectivity index (χ0n) is 13.2. The number of anilines is 1. The Bertz CT molecular complexity index is 686. The summed E-state index contributed by atoms with van der Waals surface area (Å²) in [5.41, 5.74) is 1.28. The summed E-state index contributed by atoms with van der Waals surface area (Å²) in [6, 6.07) is 11.7. The maximum atomic E-state index is 12.6. The summed E-state index contributed by atoms with van der Waals surface area (Å²) in [7, 11) is 0. The highest BCUT2D eigenvalue weighted by atomic mass is 16.2. The van der Waals surface area contributed by atoms with E-state index in [1.807, 2.05) is 17.0 Å². The molecule has 1 saturated heterocycles. The molecule has 1 aliphatic rings. The van der Waals surface area contributed by atoms with E-state index >= 15 is 0 Å². The van der Waals surface area contributed by atoms with Crippen molar-refractivity contribution >= 4 is 17.5 Å². The lowest BCUT2D eigenvalue weighted by atomic mass is 10.0. The standard InChI is InChI=1S/C18H21N3O2/c1-14(22)19-16-6-4-5-15(13-16)18(23)21-11-7-17(8-12-21)20-9-2-3-10-20/h2-6,9-10,13,17H,7-8,11-12H2,1H3,(H,19,22). The number of nitrogens with zero attached hydrogens (tertiary/aromatic N) is 2. The Labute approximate surface area is 135 Å². The molecule has 5 nitrogen and oxygen atoms in total. The van der Waals surface area contributed by atoms with Crippen LogP contribution in [0.3, 0.4) is 0 Å². The maximum absolute atomic E-state index is 12.6. The number of nitrogens with one attached hydrogen (secondary N) is 1. The molecule has 0 atom stereocenters. The monoisotopic (exact) mass is 311 g/mol. The molecule has 0 saturated carbocycles. The molecule has 0 aliphatic carbocycles. The lowest BCUT2D eigenvalue weighted by Crippen LogP contribution is -2.38. The summed E-state index contributed by atoms with van der Waals surface area (Å²) in [5, 5.41) is 2.72. The summed E-state index contributed by atoms with van der Waals surface area (Å²) >= 11 is 0. The van der Waals surface area contributed by atoms with E-state index in [9.17, 15) is 9.59 Å². The van der Waals surface area contributed by atoms with Crippen molar-refractivity contribution in [1.29, 1.82) is 0 Å². The van der Waals surface area contributed by atoms with Gasteiger partial charge in [0.05, 0.1) is 0 Å². The number of rotatable bonds is 3. The van der Waals surface area contributed by atoms with E-state index < -0.39 is 0 Å². The second-order valence-electron chi connectivity index (χ2n) is 5.92. The van der Waals surface area contributed by atoms with Crippen molar-refractivity contribution in [3.05, 3.63) is 54.4 Å². The van der Waals surface area contributed by atoms with Gasteiger partial charge >= 0.3 is 0 Å². The van der Waals surface area contributed by atoms with E-state index in [4.69, 9.17) is 0 Å². The molecule has 2 heterocycles. The average molecular weight is 311 g/mol. The Hall–Kier alpha value is -2.56. The van der Waals surface area contributed by atoms with Crippen molar-refractivity contribution in [2.24, 2.45) is 0 Å². The summed E-state index contributed by atoms with van der Waals surface area (Å²) in [6.45, 7) is 2.97. The number of carbonyl (C=O) groups excluding carboxylic acids is 2. The number of hydrogen-bond donors (Lipinski definition) is 1. The number of amides is 2. The summed E-state index contributed by atoms with van der Waals surface area (Å²) in [5.74, 6) is -0.106. The molecule has 3 rings (SSSR count). The quantitative estimate of drug-likeness (QED) is 0.947. The molecular weight excluding hydrogens is 290 g/mol. The van der Waals surface area contributed by atoms with Crippen LogP contribution < -0.4 is 5.32 Å². The zero-order valence-corrected chi connectivity index (χ0v) is 13.2. The van der Waals surface area contributed by atoms with Gasteiger partial charge in [-0.25, -0.2) is 0 Å². The third-order valence-corrected chi connectivity index (χ3v) is 4.23. The van der Waals surface area contributed by atoms with E-state index in [1.54, 1.807) is 24.3 Å².